The monoisotopic (exact) mass is 191 g/mol. The SMILES string of the molecule is C/C=C(/C)N=C(C)c1ccc(F)cc1. The van der Waals surface area contributed by atoms with E-state index in [1.807, 2.05) is 26.8 Å². The number of halogens is 1. The summed E-state index contributed by atoms with van der Waals surface area (Å²) < 4.78 is 12.6. The third-order valence-corrected chi connectivity index (χ3v) is 2.02. The molecule has 1 nitrogen and oxygen atoms in total. The lowest BCUT2D eigenvalue weighted by atomic mass is 10.1. The number of aliphatic imine (C=N–C) groups is 1. The summed E-state index contributed by atoms with van der Waals surface area (Å²) in [6.07, 6.45) is 1.94. The van der Waals surface area contributed by atoms with Crippen molar-refractivity contribution in [3.63, 3.8) is 0 Å². The maximum atomic E-state index is 12.6. The lowest BCUT2D eigenvalue weighted by Gasteiger charge is -2.00. The lowest BCUT2D eigenvalue weighted by molar-refractivity contribution is 0.628. The molecular formula is C12H14FN. The third-order valence-electron chi connectivity index (χ3n) is 2.02. The second kappa shape index (κ2) is 4.70. The van der Waals surface area contributed by atoms with Gasteiger partial charge in [-0.15, -0.1) is 0 Å². The van der Waals surface area contributed by atoms with Crippen molar-refractivity contribution in [2.45, 2.75) is 20.8 Å². The van der Waals surface area contributed by atoms with Crippen molar-refractivity contribution < 1.29 is 4.39 Å². The van der Waals surface area contributed by atoms with E-state index in [9.17, 15) is 4.39 Å². The van der Waals surface area contributed by atoms with E-state index in [2.05, 4.69) is 4.99 Å². The Morgan fingerprint density at radius 3 is 2.29 bits per heavy atom. The van der Waals surface area contributed by atoms with Crippen LogP contribution in [0.4, 0.5) is 4.39 Å². The summed E-state index contributed by atoms with van der Waals surface area (Å²) >= 11 is 0. The third kappa shape index (κ3) is 2.80. The highest BCUT2D eigenvalue weighted by molar-refractivity contribution is 5.99. The first-order valence-electron chi connectivity index (χ1n) is 4.57. The molecule has 0 N–H and O–H groups in total. The summed E-state index contributed by atoms with van der Waals surface area (Å²) in [6, 6.07) is 6.35. The molecular weight excluding hydrogens is 177 g/mol. The number of allylic oxidation sites excluding steroid dienone is 2. The highest BCUT2D eigenvalue weighted by Crippen LogP contribution is 2.06. The van der Waals surface area contributed by atoms with E-state index in [0.29, 0.717) is 0 Å². The molecule has 2 heteroatoms. The van der Waals surface area contributed by atoms with E-state index in [1.165, 1.54) is 12.1 Å². The summed E-state index contributed by atoms with van der Waals surface area (Å²) in [4.78, 5) is 4.35. The molecule has 0 saturated carbocycles. The predicted molar refractivity (Wildman–Crippen MR) is 58.0 cm³/mol. The van der Waals surface area contributed by atoms with Gasteiger partial charge < -0.3 is 0 Å². The molecule has 0 spiro atoms. The van der Waals surface area contributed by atoms with Gasteiger partial charge in [0.05, 0.1) is 0 Å². The van der Waals surface area contributed by atoms with Crippen molar-refractivity contribution in [2.24, 2.45) is 4.99 Å². The first kappa shape index (κ1) is 10.6. The molecule has 1 rings (SSSR count). The fourth-order valence-corrected chi connectivity index (χ4v) is 1.08. The van der Waals surface area contributed by atoms with Crippen LogP contribution in [-0.2, 0) is 0 Å². The number of hydrogen-bond acceptors (Lipinski definition) is 1. The average molecular weight is 191 g/mol. The van der Waals surface area contributed by atoms with E-state index in [4.69, 9.17) is 0 Å². The van der Waals surface area contributed by atoms with Crippen molar-refractivity contribution in [3.05, 3.63) is 47.4 Å². The van der Waals surface area contributed by atoms with Crippen LogP contribution in [0.3, 0.4) is 0 Å². The first-order chi connectivity index (χ1) is 6.63. The number of benzene rings is 1. The van der Waals surface area contributed by atoms with Crippen LogP contribution in [0.5, 0.6) is 0 Å². The summed E-state index contributed by atoms with van der Waals surface area (Å²) in [5, 5.41) is 0. The van der Waals surface area contributed by atoms with Crippen LogP contribution < -0.4 is 0 Å². The molecule has 1 aromatic rings. The second-order valence-corrected chi connectivity index (χ2v) is 3.13. The molecule has 0 bridgehead atoms. The molecule has 14 heavy (non-hydrogen) atoms. The Bertz CT molecular complexity index is 360. The number of rotatable bonds is 2. The van der Waals surface area contributed by atoms with Gasteiger partial charge in [-0.1, -0.05) is 18.2 Å². The highest BCUT2D eigenvalue weighted by atomic mass is 19.1. The maximum absolute atomic E-state index is 12.6. The van der Waals surface area contributed by atoms with E-state index in [0.717, 1.165) is 17.0 Å². The van der Waals surface area contributed by atoms with Crippen LogP contribution in [0.1, 0.15) is 26.3 Å². The zero-order valence-corrected chi connectivity index (χ0v) is 8.71. The largest absolute Gasteiger partial charge is 0.258 e. The van der Waals surface area contributed by atoms with E-state index >= 15 is 0 Å². The van der Waals surface area contributed by atoms with Gasteiger partial charge >= 0.3 is 0 Å². The van der Waals surface area contributed by atoms with Gasteiger partial charge in [-0.2, -0.15) is 0 Å². The molecule has 0 unspecified atom stereocenters. The molecule has 74 valence electrons. The Morgan fingerprint density at radius 1 is 1.21 bits per heavy atom. The molecule has 0 fully saturated rings. The Hall–Kier alpha value is -1.44. The molecule has 0 aliphatic carbocycles. The van der Waals surface area contributed by atoms with Crippen molar-refractivity contribution in [2.75, 3.05) is 0 Å². The Kier molecular flexibility index (Phi) is 3.57. The van der Waals surface area contributed by atoms with Gasteiger partial charge in [-0.3, -0.25) is 4.99 Å². The standard InChI is InChI=1S/C12H14FN/c1-4-9(2)14-10(3)11-5-7-12(13)8-6-11/h4-8H,1-3H3/b9-4-,14-10?. The van der Waals surface area contributed by atoms with Gasteiger partial charge in [0.15, 0.2) is 0 Å². The zero-order chi connectivity index (χ0) is 10.6. The van der Waals surface area contributed by atoms with Crippen molar-refractivity contribution in [1.82, 2.24) is 0 Å². The highest BCUT2D eigenvalue weighted by Gasteiger charge is 1.97. The van der Waals surface area contributed by atoms with Gasteiger partial charge in [-0.25, -0.2) is 4.39 Å². The molecule has 0 amide bonds. The fourth-order valence-electron chi connectivity index (χ4n) is 1.08. The maximum Gasteiger partial charge on any atom is 0.123 e. The minimum Gasteiger partial charge on any atom is -0.258 e. The summed E-state index contributed by atoms with van der Waals surface area (Å²) in [5.74, 6) is -0.218. The van der Waals surface area contributed by atoms with Crippen molar-refractivity contribution in [1.29, 1.82) is 0 Å². The average Bonchev–Trinajstić information content (AvgIpc) is 2.18. The fraction of sp³-hybridized carbons (Fsp3) is 0.250. The molecule has 0 aliphatic rings. The quantitative estimate of drug-likeness (QED) is 0.634. The molecule has 0 radical (unpaired) electrons. The van der Waals surface area contributed by atoms with Gasteiger partial charge in [0.2, 0.25) is 0 Å². The van der Waals surface area contributed by atoms with Crippen molar-refractivity contribution >= 4 is 5.71 Å². The van der Waals surface area contributed by atoms with Crippen LogP contribution in [0, 0.1) is 5.82 Å². The summed E-state index contributed by atoms with van der Waals surface area (Å²) in [6.45, 7) is 5.80. The molecule has 0 saturated heterocycles. The van der Waals surface area contributed by atoms with E-state index in [1.54, 1.807) is 12.1 Å². The van der Waals surface area contributed by atoms with Gasteiger partial charge in [0.1, 0.15) is 5.82 Å². The van der Waals surface area contributed by atoms with E-state index in [-0.39, 0.29) is 5.82 Å². The second-order valence-electron chi connectivity index (χ2n) is 3.13. The zero-order valence-electron chi connectivity index (χ0n) is 8.71. The topological polar surface area (TPSA) is 12.4 Å². The Balaban J connectivity index is 2.95. The minimum atomic E-state index is -0.218. The van der Waals surface area contributed by atoms with Crippen LogP contribution in [0.25, 0.3) is 0 Å². The van der Waals surface area contributed by atoms with Crippen LogP contribution in [0.2, 0.25) is 0 Å². The van der Waals surface area contributed by atoms with Gasteiger partial charge in [0.25, 0.3) is 0 Å². The lowest BCUT2D eigenvalue weighted by Crippen LogP contribution is -1.94. The molecule has 0 aromatic heterocycles. The Morgan fingerprint density at radius 2 is 1.79 bits per heavy atom. The first-order valence-corrected chi connectivity index (χ1v) is 4.57. The predicted octanol–water partition coefficient (Wildman–Crippen LogP) is 3.56. The van der Waals surface area contributed by atoms with Gasteiger partial charge in [-0.05, 0) is 38.5 Å². The van der Waals surface area contributed by atoms with Crippen LogP contribution >= 0.6 is 0 Å². The van der Waals surface area contributed by atoms with Crippen molar-refractivity contribution in [3.8, 4) is 0 Å². The van der Waals surface area contributed by atoms with Crippen LogP contribution in [0.15, 0.2) is 41.0 Å². The molecule has 0 atom stereocenters. The Labute approximate surface area is 84.0 Å². The molecule has 0 aliphatic heterocycles. The van der Waals surface area contributed by atoms with Crippen LogP contribution in [-0.4, -0.2) is 5.71 Å². The smallest absolute Gasteiger partial charge is 0.123 e. The minimum absolute atomic E-state index is 0.218. The molecule has 1 aromatic carbocycles. The summed E-state index contributed by atoms with van der Waals surface area (Å²) in [7, 11) is 0. The molecule has 0 heterocycles. The normalized spacial score (nSPS) is 13.1. The summed E-state index contributed by atoms with van der Waals surface area (Å²) in [5.41, 5.74) is 2.82. The number of nitrogens with zero attached hydrogens (tertiary/aromatic N) is 1. The van der Waals surface area contributed by atoms with E-state index < -0.39 is 0 Å². The van der Waals surface area contributed by atoms with Gasteiger partial charge in [0, 0.05) is 11.4 Å². The number of hydrogen-bond donors (Lipinski definition) is 0.